The highest BCUT2D eigenvalue weighted by atomic mass is 16.6. The SMILES string of the molecule is C[C@@H](C(=O)N[C@H](C(=O)N1C[C@@H](NC(=O)COCCOCCOCCOCCN2CCN(C/C=C/C(=O)N3CCC[C@@H](n4nc(-c5ccc(Oc6ccccc6)cc5)c5c(N)ncnc54)C3)CC2)C[C@H]1C(=O)N[C@@H]1CCCc2ccccc21)C1CCCCC1)N(C)C(=O)OC(C)(C)C. The van der Waals surface area contributed by atoms with E-state index < -0.39 is 53.6 Å². The first-order chi connectivity index (χ1) is 47.0. The van der Waals surface area contributed by atoms with Gasteiger partial charge in [0.15, 0.2) is 5.65 Å². The van der Waals surface area contributed by atoms with Crippen LogP contribution in [0, 0.1) is 5.92 Å². The number of benzene rings is 3. The molecule has 6 atom stereocenters. The predicted molar refractivity (Wildman–Crippen MR) is 366 cm³/mol. The van der Waals surface area contributed by atoms with Crippen molar-refractivity contribution in [1.29, 1.82) is 0 Å². The highest BCUT2D eigenvalue weighted by Crippen LogP contribution is 2.36. The van der Waals surface area contributed by atoms with Crippen molar-refractivity contribution in [3.63, 3.8) is 0 Å². The van der Waals surface area contributed by atoms with Crippen molar-refractivity contribution in [3.8, 4) is 22.8 Å². The summed E-state index contributed by atoms with van der Waals surface area (Å²) >= 11 is 0. The molecule has 3 aliphatic heterocycles. The molecule has 0 radical (unpaired) electrons. The number of aryl methyl sites for hydroxylation is 1. The number of rotatable bonds is 29. The zero-order valence-electron chi connectivity index (χ0n) is 57.1. The van der Waals surface area contributed by atoms with Gasteiger partial charge in [0, 0.05) is 83.6 Å². The number of carbonyl (C=O) groups excluding carboxylic acids is 6. The Morgan fingerprint density at radius 2 is 1.41 bits per heavy atom. The maximum atomic E-state index is 15.0. The lowest BCUT2D eigenvalue weighted by Gasteiger charge is -2.36. The van der Waals surface area contributed by atoms with Gasteiger partial charge in [0.25, 0.3) is 0 Å². The number of likely N-dealkylation sites (tertiary alicyclic amines) is 2. The monoisotopic (exact) mass is 1340 g/mol. The quantitative estimate of drug-likeness (QED) is 0.0281. The number of amides is 6. The number of hydrogen-bond donors (Lipinski definition) is 4. The van der Waals surface area contributed by atoms with Gasteiger partial charge in [0.1, 0.15) is 59.7 Å². The van der Waals surface area contributed by atoms with E-state index in [0.717, 1.165) is 101 Å². The van der Waals surface area contributed by atoms with E-state index >= 15 is 0 Å². The van der Waals surface area contributed by atoms with E-state index in [1.165, 1.54) is 28.7 Å². The fourth-order valence-electron chi connectivity index (χ4n) is 13.6. The highest BCUT2D eigenvalue weighted by Gasteiger charge is 2.46. The van der Waals surface area contributed by atoms with Crippen LogP contribution in [-0.2, 0) is 54.1 Å². The number of ether oxygens (including phenoxy) is 6. The third-order valence-electron chi connectivity index (χ3n) is 18.9. The van der Waals surface area contributed by atoms with Gasteiger partial charge < -0.3 is 59.9 Å². The lowest BCUT2D eigenvalue weighted by atomic mass is 9.83. The van der Waals surface area contributed by atoms with E-state index in [2.05, 4.69) is 41.8 Å². The molecule has 10 rings (SSSR count). The third kappa shape index (κ3) is 20.1. The summed E-state index contributed by atoms with van der Waals surface area (Å²) in [5.41, 5.74) is 10.1. The number of aromatic nitrogens is 4. The molecular weight excluding hydrogens is 1240 g/mol. The first kappa shape index (κ1) is 71.7. The molecule has 5 aliphatic rings. The van der Waals surface area contributed by atoms with Crippen molar-refractivity contribution in [2.45, 2.75) is 140 Å². The summed E-state index contributed by atoms with van der Waals surface area (Å²) in [5.74, 6) is -0.00193. The molecule has 5 aromatic rings. The molecule has 0 unspecified atom stereocenters. The van der Waals surface area contributed by atoms with Gasteiger partial charge in [-0.1, -0.05) is 67.8 Å². The summed E-state index contributed by atoms with van der Waals surface area (Å²) in [7, 11) is 1.49. The van der Waals surface area contributed by atoms with Gasteiger partial charge in [-0.2, -0.15) is 5.10 Å². The molecule has 25 nitrogen and oxygen atoms in total. The Kier molecular flexibility index (Phi) is 25.8. The number of piperazine rings is 1. The third-order valence-corrected chi connectivity index (χ3v) is 18.9. The van der Waals surface area contributed by atoms with Gasteiger partial charge in [-0.15, -0.1) is 0 Å². The molecule has 4 fully saturated rings. The number of fused-ring (bicyclic) bond motifs is 2. The first-order valence-corrected chi connectivity index (χ1v) is 34.7. The van der Waals surface area contributed by atoms with Crippen LogP contribution >= 0.6 is 0 Å². The average Bonchev–Trinajstić information content (AvgIpc) is 1.62. The molecule has 2 aromatic heterocycles. The molecule has 1 saturated carbocycles. The van der Waals surface area contributed by atoms with Gasteiger partial charge in [0.05, 0.1) is 63.7 Å². The number of nitrogen functional groups attached to an aromatic ring is 1. The van der Waals surface area contributed by atoms with E-state index in [9.17, 15) is 28.8 Å². The van der Waals surface area contributed by atoms with Crippen LogP contribution in [0.3, 0.4) is 0 Å². The van der Waals surface area contributed by atoms with E-state index in [4.69, 9.17) is 39.3 Å². The van der Waals surface area contributed by atoms with Crippen LogP contribution in [-0.4, -0.2) is 228 Å². The molecule has 5 heterocycles. The zero-order chi connectivity index (χ0) is 68.3. The summed E-state index contributed by atoms with van der Waals surface area (Å²) < 4.78 is 36.4. The minimum absolute atomic E-state index is 0.0153. The summed E-state index contributed by atoms with van der Waals surface area (Å²) in [6, 6.07) is 21.7. The number of para-hydroxylation sites is 1. The molecule has 2 aliphatic carbocycles. The molecule has 97 heavy (non-hydrogen) atoms. The van der Waals surface area contributed by atoms with Crippen LogP contribution in [0.5, 0.6) is 11.5 Å². The number of hydrogen-bond acceptors (Lipinski definition) is 18. The molecule has 0 spiro atoms. The molecule has 25 heteroatoms. The van der Waals surface area contributed by atoms with Crippen molar-refractivity contribution in [2.24, 2.45) is 5.92 Å². The maximum absolute atomic E-state index is 15.0. The number of nitrogens with two attached hydrogens (primary N) is 1. The Balaban J connectivity index is 0.589. The topological polar surface area (TPSA) is 280 Å². The summed E-state index contributed by atoms with van der Waals surface area (Å²) in [4.78, 5) is 102. The molecule has 3 saturated heterocycles. The first-order valence-electron chi connectivity index (χ1n) is 34.7. The van der Waals surface area contributed by atoms with Crippen molar-refractivity contribution in [2.75, 3.05) is 125 Å². The van der Waals surface area contributed by atoms with Crippen LogP contribution in [0.1, 0.15) is 115 Å². The summed E-state index contributed by atoms with van der Waals surface area (Å²) in [5, 5.41) is 15.0. The van der Waals surface area contributed by atoms with Crippen LogP contribution in [0.2, 0.25) is 0 Å². The van der Waals surface area contributed by atoms with E-state index in [1.54, 1.807) is 33.8 Å². The zero-order valence-corrected chi connectivity index (χ0v) is 57.1. The van der Waals surface area contributed by atoms with E-state index in [1.807, 2.05) is 88.5 Å². The Bertz CT molecular complexity index is 3440. The van der Waals surface area contributed by atoms with Crippen LogP contribution < -0.4 is 26.4 Å². The smallest absolute Gasteiger partial charge is 0.410 e. The van der Waals surface area contributed by atoms with Crippen molar-refractivity contribution < 1.29 is 57.2 Å². The fraction of sp³-hybridized carbons (Fsp3) is 0.569. The minimum Gasteiger partial charge on any atom is -0.457 e. The molecule has 3 aromatic carbocycles. The number of carbonyl (C=O) groups is 6. The lowest BCUT2D eigenvalue weighted by molar-refractivity contribution is -0.143. The van der Waals surface area contributed by atoms with Gasteiger partial charge >= 0.3 is 6.09 Å². The number of anilines is 1. The van der Waals surface area contributed by atoms with Gasteiger partial charge in [-0.3, -0.25) is 38.7 Å². The Labute approximate surface area is 569 Å². The largest absolute Gasteiger partial charge is 0.457 e. The Hall–Kier alpha value is -8.07. The second kappa shape index (κ2) is 34.9. The summed E-state index contributed by atoms with van der Waals surface area (Å²) in [6.45, 7) is 15.5. The molecule has 524 valence electrons. The second-order valence-corrected chi connectivity index (χ2v) is 27.0. The van der Waals surface area contributed by atoms with Crippen LogP contribution in [0.4, 0.5) is 10.6 Å². The molecule has 5 N–H and O–H groups in total. The number of nitrogens with zero attached hydrogens (tertiary/aromatic N) is 9. The number of piperidine rings is 1. The van der Waals surface area contributed by atoms with Gasteiger partial charge in [-0.05, 0) is 133 Å². The summed E-state index contributed by atoms with van der Waals surface area (Å²) in [6.07, 6.45) is 13.1. The minimum atomic E-state index is -0.955. The number of nitrogens with one attached hydrogen (secondary N) is 3. The normalized spacial score (nSPS) is 20.3. The molecule has 0 bridgehead atoms. The van der Waals surface area contributed by atoms with Crippen molar-refractivity contribution in [3.05, 3.63) is 108 Å². The average molecular weight is 1340 g/mol. The van der Waals surface area contributed by atoms with Gasteiger partial charge in [-0.25, -0.2) is 19.4 Å². The van der Waals surface area contributed by atoms with Crippen molar-refractivity contribution in [1.82, 2.24) is 60.2 Å². The van der Waals surface area contributed by atoms with Crippen LogP contribution in [0.15, 0.2) is 97.3 Å². The predicted octanol–water partition coefficient (Wildman–Crippen LogP) is 6.87. The van der Waals surface area contributed by atoms with Gasteiger partial charge in [0.2, 0.25) is 29.5 Å². The van der Waals surface area contributed by atoms with Crippen molar-refractivity contribution >= 4 is 52.5 Å². The van der Waals surface area contributed by atoms with Crippen LogP contribution in [0.25, 0.3) is 22.3 Å². The van der Waals surface area contributed by atoms with E-state index in [0.29, 0.717) is 93.8 Å². The molecule has 6 amide bonds. The fourth-order valence-corrected chi connectivity index (χ4v) is 13.6. The standard InChI is InChI=1S/C72H99N13O12/c1-50(80(5)71(91)97-72(2,3)4)68(88)78-65(52-18-8-6-9-19-52)70(90)84-46-54(45-60(84)69(89)77-59-25-14-20-51-17-12-13-24-58(51)59)76-61(86)48-95-44-43-94-42-41-93-40-39-92-38-37-82-35-33-81(34-36-82)31-16-26-62(87)83-32-15-21-55(47-83)85-67-63(66(73)74-49-75-67)64(79-85)53-27-29-57(30-28-53)96-56-22-10-7-11-23-56/h7,10-13,16-17,22-24,26-30,49-50,52,54-55,59-60,65H,6,8-9,14-15,18-21,25,31-48H2,1-5H3,(H,76,86)(H,77,89)(H,78,88)(H2,73,74,75)/b26-16+/t50-,54-,55+,59+,60-,65-/m0/s1. The maximum Gasteiger partial charge on any atom is 0.410 e. The molecular formula is C72H99N13O12. The van der Waals surface area contributed by atoms with E-state index in [-0.39, 0.29) is 62.6 Å². The lowest BCUT2D eigenvalue weighted by Crippen LogP contribution is -2.59. The highest BCUT2D eigenvalue weighted by molar-refractivity contribution is 5.98. The Morgan fingerprint density at radius 1 is 0.732 bits per heavy atom. The second-order valence-electron chi connectivity index (χ2n) is 27.0. The number of likely N-dealkylation sites (N-methyl/N-ethyl adjacent to an activating group) is 1. The Morgan fingerprint density at radius 3 is 2.14 bits per heavy atom.